The molecule has 1 N–H and O–H groups in total. The highest BCUT2D eigenvalue weighted by atomic mass is 32.2. The number of hydrogen-bond acceptors (Lipinski definition) is 3. The second kappa shape index (κ2) is 4.61. The van der Waals surface area contributed by atoms with E-state index in [2.05, 4.69) is 16.5 Å². The van der Waals surface area contributed by atoms with Crippen molar-refractivity contribution in [2.75, 3.05) is 5.75 Å². The Hall–Kier alpha value is -0.970. The van der Waals surface area contributed by atoms with Gasteiger partial charge in [0.25, 0.3) is 0 Å². The first-order valence-electron chi connectivity index (χ1n) is 6.55. The van der Waals surface area contributed by atoms with Crippen LogP contribution in [-0.4, -0.2) is 26.4 Å². The number of rotatable bonds is 6. The summed E-state index contributed by atoms with van der Waals surface area (Å²) in [5.74, 6) is 0.921. The summed E-state index contributed by atoms with van der Waals surface area (Å²) in [5.41, 5.74) is 1.17. The van der Waals surface area contributed by atoms with Gasteiger partial charge in [-0.25, -0.2) is 4.98 Å². The number of aryl methyl sites for hydroxylation is 1. The third-order valence-electron chi connectivity index (χ3n) is 3.78. The SMILES string of the molecule is Cc1cnc(SCC(=O)O)n1C(C1CC1)C1CC1. The first kappa shape index (κ1) is 12.1. The smallest absolute Gasteiger partial charge is 0.313 e. The fourth-order valence-corrected chi connectivity index (χ4v) is 3.49. The Morgan fingerprint density at radius 3 is 2.61 bits per heavy atom. The zero-order chi connectivity index (χ0) is 12.7. The third-order valence-corrected chi connectivity index (χ3v) is 4.73. The number of thioether (sulfide) groups is 1. The second-order valence-electron chi connectivity index (χ2n) is 5.40. The summed E-state index contributed by atoms with van der Waals surface area (Å²) >= 11 is 1.35. The van der Waals surface area contributed by atoms with E-state index in [9.17, 15) is 4.79 Å². The van der Waals surface area contributed by atoms with E-state index in [0.29, 0.717) is 6.04 Å². The Morgan fingerprint density at radius 1 is 1.50 bits per heavy atom. The Bertz CT molecular complexity index is 452. The van der Waals surface area contributed by atoms with Crippen molar-refractivity contribution in [3.05, 3.63) is 11.9 Å². The number of imidazole rings is 1. The summed E-state index contributed by atoms with van der Waals surface area (Å²) in [6.07, 6.45) is 7.16. The van der Waals surface area contributed by atoms with Gasteiger partial charge in [-0.3, -0.25) is 4.79 Å². The van der Waals surface area contributed by atoms with E-state index in [1.807, 2.05) is 6.20 Å². The van der Waals surface area contributed by atoms with Crippen molar-refractivity contribution in [3.8, 4) is 0 Å². The minimum absolute atomic E-state index is 0.0957. The Morgan fingerprint density at radius 2 is 2.11 bits per heavy atom. The normalized spacial score (nSPS) is 19.4. The maximum atomic E-state index is 10.7. The molecule has 0 saturated heterocycles. The Balaban J connectivity index is 1.84. The Kier molecular flexibility index (Phi) is 3.09. The highest BCUT2D eigenvalue weighted by Gasteiger charge is 2.43. The summed E-state index contributed by atoms with van der Waals surface area (Å²) in [7, 11) is 0. The maximum Gasteiger partial charge on any atom is 0.313 e. The molecule has 2 saturated carbocycles. The molecule has 0 bridgehead atoms. The van der Waals surface area contributed by atoms with Gasteiger partial charge in [0.2, 0.25) is 0 Å². The molecule has 98 valence electrons. The van der Waals surface area contributed by atoms with Crippen LogP contribution in [-0.2, 0) is 4.79 Å². The van der Waals surface area contributed by atoms with Gasteiger partial charge in [0.15, 0.2) is 5.16 Å². The van der Waals surface area contributed by atoms with Gasteiger partial charge in [0.1, 0.15) is 0 Å². The molecule has 2 aliphatic rings. The molecular weight excluding hydrogens is 248 g/mol. The topological polar surface area (TPSA) is 55.1 Å². The van der Waals surface area contributed by atoms with Crippen LogP contribution in [0.15, 0.2) is 11.4 Å². The van der Waals surface area contributed by atoms with E-state index in [4.69, 9.17) is 5.11 Å². The number of carboxylic acids is 1. The van der Waals surface area contributed by atoms with Gasteiger partial charge in [-0.05, 0) is 44.4 Å². The van der Waals surface area contributed by atoms with Gasteiger partial charge in [-0.1, -0.05) is 11.8 Å². The Labute approximate surface area is 111 Å². The van der Waals surface area contributed by atoms with Crippen molar-refractivity contribution >= 4 is 17.7 Å². The van der Waals surface area contributed by atoms with E-state index >= 15 is 0 Å². The van der Waals surface area contributed by atoms with Crippen LogP contribution in [0.3, 0.4) is 0 Å². The van der Waals surface area contributed by atoms with Gasteiger partial charge in [-0.2, -0.15) is 0 Å². The maximum absolute atomic E-state index is 10.7. The quantitative estimate of drug-likeness (QED) is 0.804. The van der Waals surface area contributed by atoms with Crippen molar-refractivity contribution in [3.63, 3.8) is 0 Å². The molecule has 4 nitrogen and oxygen atoms in total. The van der Waals surface area contributed by atoms with Crippen LogP contribution in [0.25, 0.3) is 0 Å². The first-order valence-corrected chi connectivity index (χ1v) is 7.54. The van der Waals surface area contributed by atoms with Crippen LogP contribution in [0.1, 0.15) is 37.4 Å². The van der Waals surface area contributed by atoms with Gasteiger partial charge >= 0.3 is 5.97 Å². The van der Waals surface area contributed by atoms with Gasteiger partial charge in [-0.15, -0.1) is 0 Å². The molecule has 1 aromatic rings. The largest absolute Gasteiger partial charge is 0.481 e. The van der Waals surface area contributed by atoms with Gasteiger partial charge in [0.05, 0.1) is 5.75 Å². The lowest BCUT2D eigenvalue weighted by atomic mass is 10.1. The fourth-order valence-electron chi connectivity index (χ4n) is 2.70. The van der Waals surface area contributed by atoms with Crippen LogP contribution in [0.5, 0.6) is 0 Å². The molecule has 2 aliphatic carbocycles. The minimum atomic E-state index is -0.776. The zero-order valence-electron chi connectivity index (χ0n) is 10.5. The van der Waals surface area contributed by atoms with E-state index in [0.717, 1.165) is 17.0 Å². The molecule has 0 atom stereocenters. The molecular formula is C13H18N2O2S. The molecule has 1 heterocycles. The highest BCUT2D eigenvalue weighted by Crippen LogP contribution is 2.53. The monoisotopic (exact) mass is 266 g/mol. The van der Waals surface area contributed by atoms with E-state index in [1.165, 1.54) is 43.1 Å². The average molecular weight is 266 g/mol. The van der Waals surface area contributed by atoms with Crippen LogP contribution < -0.4 is 0 Å². The first-order chi connectivity index (χ1) is 8.66. The standard InChI is InChI=1S/C13H18N2O2S/c1-8-6-14-13(18-7-11(16)17)15(8)12(9-2-3-9)10-4-5-10/h6,9-10,12H,2-5,7H2,1H3,(H,16,17). The molecule has 1 aromatic heterocycles. The molecule has 0 aliphatic heterocycles. The molecule has 0 amide bonds. The fraction of sp³-hybridized carbons (Fsp3) is 0.692. The van der Waals surface area contributed by atoms with E-state index in [1.54, 1.807) is 0 Å². The lowest BCUT2D eigenvalue weighted by Gasteiger charge is -2.21. The van der Waals surface area contributed by atoms with Crippen LogP contribution in [0, 0.1) is 18.8 Å². The van der Waals surface area contributed by atoms with Crippen molar-refractivity contribution in [2.45, 2.75) is 43.8 Å². The number of aromatic nitrogens is 2. The number of carboxylic acid groups (broad SMARTS) is 1. The van der Waals surface area contributed by atoms with Gasteiger partial charge < -0.3 is 9.67 Å². The number of aliphatic carboxylic acids is 1. The minimum Gasteiger partial charge on any atom is -0.481 e. The van der Waals surface area contributed by atoms with Crippen molar-refractivity contribution in [1.82, 2.24) is 9.55 Å². The van der Waals surface area contributed by atoms with Gasteiger partial charge in [0, 0.05) is 17.9 Å². The highest BCUT2D eigenvalue weighted by molar-refractivity contribution is 7.99. The number of hydrogen-bond donors (Lipinski definition) is 1. The molecule has 0 radical (unpaired) electrons. The summed E-state index contributed by atoms with van der Waals surface area (Å²) in [5, 5.41) is 9.68. The third kappa shape index (κ3) is 2.41. The molecule has 5 heteroatoms. The number of nitrogens with zero attached hydrogens (tertiary/aromatic N) is 2. The molecule has 18 heavy (non-hydrogen) atoms. The average Bonchev–Trinajstić information content (AvgIpc) is 3.20. The summed E-state index contributed by atoms with van der Waals surface area (Å²) in [4.78, 5) is 15.1. The lowest BCUT2D eigenvalue weighted by Crippen LogP contribution is -2.16. The van der Waals surface area contributed by atoms with Crippen LogP contribution in [0.2, 0.25) is 0 Å². The summed E-state index contributed by atoms with van der Waals surface area (Å²) in [6.45, 7) is 2.08. The van der Waals surface area contributed by atoms with E-state index in [-0.39, 0.29) is 5.75 Å². The van der Waals surface area contributed by atoms with Crippen molar-refractivity contribution in [2.24, 2.45) is 11.8 Å². The lowest BCUT2D eigenvalue weighted by molar-refractivity contribution is -0.133. The predicted octanol–water partition coefficient (Wildman–Crippen LogP) is 2.73. The summed E-state index contributed by atoms with van der Waals surface area (Å²) in [6, 6.07) is 0.573. The molecule has 0 aromatic carbocycles. The second-order valence-corrected chi connectivity index (χ2v) is 6.34. The van der Waals surface area contributed by atoms with Crippen LogP contribution in [0.4, 0.5) is 0 Å². The predicted molar refractivity (Wildman–Crippen MR) is 69.8 cm³/mol. The van der Waals surface area contributed by atoms with Crippen molar-refractivity contribution in [1.29, 1.82) is 0 Å². The van der Waals surface area contributed by atoms with Crippen molar-refractivity contribution < 1.29 is 9.90 Å². The number of carbonyl (C=O) groups is 1. The summed E-state index contributed by atoms with van der Waals surface area (Å²) < 4.78 is 2.31. The van der Waals surface area contributed by atoms with Crippen LogP contribution >= 0.6 is 11.8 Å². The van der Waals surface area contributed by atoms with E-state index < -0.39 is 5.97 Å². The molecule has 0 unspecified atom stereocenters. The molecule has 2 fully saturated rings. The molecule has 3 rings (SSSR count). The zero-order valence-corrected chi connectivity index (χ0v) is 11.3. The molecule has 0 spiro atoms.